The van der Waals surface area contributed by atoms with Crippen LogP contribution in [-0.2, 0) is 6.54 Å². The molecule has 160 valence electrons. The van der Waals surface area contributed by atoms with E-state index in [1.54, 1.807) is 12.5 Å². The summed E-state index contributed by atoms with van der Waals surface area (Å²) in [4.78, 5) is 8.68. The minimum atomic E-state index is 0.452. The predicted molar refractivity (Wildman–Crippen MR) is 124 cm³/mol. The van der Waals surface area contributed by atoms with Crippen LogP contribution in [0.2, 0.25) is 0 Å². The Morgan fingerprint density at radius 1 is 1.06 bits per heavy atom. The highest BCUT2D eigenvalue weighted by molar-refractivity contribution is 5.92. The fraction of sp³-hybridized carbons (Fsp3) is 0.250. The summed E-state index contributed by atoms with van der Waals surface area (Å²) in [6, 6.07) is 14.5. The van der Waals surface area contributed by atoms with Gasteiger partial charge in [-0.05, 0) is 55.8 Å². The molecule has 6 rings (SSSR count). The number of nitrogens with one attached hydrogen (secondary N) is 1. The molecule has 0 aliphatic carbocycles. The molecule has 0 spiro atoms. The van der Waals surface area contributed by atoms with Crippen molar-refractivity contribution < 1.29 is 0 Å². The number of hydrogen-bond donors (Lipinski definition) is 2. The number of anilines is 1. The van der Waals surface area contributed by atoms with Gasteiger partial charge in [0.15, 0.2) is 5.82 Å². The van der Waals surface area contributed by atoms with Crippen LogP contribution in [0.25, 0.3) is 27.5 Å². The first-order valence-corrected chi connectivity index (χ1v) is 11.0. The third kappa shape index (κ3) is 3.29. The van der Waals surface area contributed by atoms with Gasteiger partial charge in [-0.15, -0.1) is 0 Å². The van der Waals surface area contributed by atoms with E-state index < -0.39 is 0 Å². The lowest BCUT2D eigenvalue weighted by atomic mass is 9.94. The minimum absolute atomic E-state index is 0.452. The van der Waals surface area contributed by atoms with Crippen molar-refractivity contribution in [2.24, 2.45) is 0 Å². The van der Waals surface area contributed by atoms with Crippen LogP contribution in [0.3, 0.4) is 0 Å². The van der Waals surface area contributed by atoms with Gasteiger partial charge in [0.1, 0.15) is 11.8 Å². The number of nitrogen functional groups attached to an aromatic ring is 1. The normalized spacial score (nSPS) is 15.0. The van der Waals surface area contributed by atoms with Crippen LogP contribution in [0.15, 0.2) is 61.2 Å². The lowest BCUT2D eigenvalue weighted by Gasteiger charge is -2.22. The molecule has 1 aliphatic rings. The molecule has 0 amide bonds. The fourth-order valence-electron chi connectivity index (χ4n) is 4.69. The average Bonchev–Trinajstić information content (AvgIpc) is 3.41. The first-order valence-electron chi connectivity index (χ1n) is 11.0. The van der Waals surface area contributed by atoms with Crippen LogP contribution in [0, 0.1) is 0 Å². The third-order valence-corrected chi connectivity index (χ3v) is 6.28. The maximum Gasteiger partial charge on any atom is 0.151 e. The molecule has 1 fully saturated rings. The number of nitrogens with two attached hydrogens (primary N) is 1. The number of pyridine rings is 1. The van der Waals surface area contributed by atoms with Gasteiger partial charge in [-0.2, -0.15) is 10.2 Å². The molecule has 8 nitrogen and oxygen atoms in total. The maximum absolute atomic E-state index is 6.33. The van der Waals surface area contributed by atoms with Gasteiger partial charge < -0.3 is 11.1 Å². The number of nitrogens with zero attached hydrogens (tertiary/aromatic N) is 6. The quantitative estimate of drug-likeness (QED) is 0.460. The number of rotatable bonds is 4. The molecule has 8 heteroatoms. The molecule has 5 aromatic rings. The third-order valence-electron chi connectivity index (χ3n) is 6.28. The molecular formula is C24H24N8. The van der Waals surface area contributed by atoms with Crippen LogP contribution in [0.5, 0.6) is 0 Å². The van der Waals surface area contributed by atoms with E-state index in [4.69, 9.17) is 10.8 Å². The van der Waals surface area contributed by atoms with Crippen LogP contribution >= 0.6 is 0 Å². The van der Waals surface area contributed by atoms with Crippen LogP contribution < -0.4 is 11.1 Å². The topological polar surface area (TPSA) is 98.9 Å². The second-order valence-electron chi connectivity index (χ2n) is 8.33. The number of fused-ring (bicyclic) bond motifs is 2. The summed E-state index contributed by atoms with van der Waals surface area (Å²) < 4.78 is 3.92. The van der Waals surface area contributed by atoms with Gasteiger partial charge in [-0.1, -0.05) is 18.2 Å². The molecule has 1 saturated heterocycles. The molecule has 4 aromatic heterocycles. The monoisotopic (exact) mass is 424 g/mol. The van der Waals surface area contributed by atoms with E-state index in [-0.39, 0.29) is 0 Å². The summed E-state index contributed by atoms with van der Waals surface area (Å²) in [5.74, 6) is 0.948. The number of hydrogen-bond acceptors (Lipinski definition) is 6. The molecule has 3 N–H and O–H groups in total. The Hall–Kier alpha value is -3.78. The van der Waals surface area contributed by atoms with Crippen molar-refractivity contribution in [3.63, 3.8) is 0 Å². The lowest BCUT2D eigenvalue weighted by Crippen LogP contribution is -2.27. The summed E-state index contributed by atoms with van der Waals surface area (Å²) >= 11 is 0. The number of benzene rings is 1. The molecule has 0 atom stereocenters. The summed E-state index contributed by atoms with van der Waals surface area (Å²) in [7, 11) is 0. The molecule has 0 bridgehead atoms. The average molecular weight is 425 g/mol. The van der Waals surface area contributed by atoms with Gasteiger partial charge >= 0.3 is 0 Å². The predicted octanol–water partition coefficient (Wildman–Crippen LogP) is 3.24. The Labute approximate surface area is 185 Å². The van der Waals surface area contributed by atoms with Crippen LogP contribution in [-0.4, -0.2) is 42.5 Å². The van der Waals surface area contributed by atoms with E-state index in [1.807, 2.05) is 27.4 Å². The van der Waals surface area contributed by atoms with E-state index in [2.05, 4.69) is 50.8 Å². The van der Waals surface area contributed by atoms with E-state index in [9.17, 15) is 0 Å². The first-order chi connectivity index (χ1) is 15.8. The Morgan fingerprint density at radius 3 is 2.81 bits per heavy atom. The summed E-state index contributed by atoms with van der Waals surface area (Å²) in [5, 5.41) is 13.9. The molecule has 0 unspecified atom stereocenters. The van der Waals surface area contributed by atoms with E-state index in [0.29, 0.717) is 18.3 Å². The van der Waals surface area contributed by atoms with Crippen molar-refractivity contribution in [1.29, 1.82) is 0 Å². The lowest BCUT2D eigenvalue weighted by molar-refractivity contribution is 0.448. The summed E-state index contributed by atoms with van der Waals surface area (Å²) in [6.07, 6.45) is 7.59. The zero-order chi connectivity index (χ0) is 21.5. The van der Waals surface area contributed by atoms with Gasteiger partial charge in [0.25, 0.3) is 0 Å². The van der Waals surface area contributed by atoms with Crippen molar-refractivity contribution in [3.05, 3.63) is 72.6 Å². The molecule has 0 radical (unpaired) electrons. The Morgan fingerprint density at radius 2 is 1.97 bits per heavy atom. The molecule has 0 saturated carbocycles. The largest absolute Gasteiger partial charge is 0.382 e. The second-order valence-corrected chi connectivity index (χ2v) is 8.33. The van der Waals surface area contributed by atoms with Crippen LogP contribution in [0.1, 0.15) is 30.1 Å². The highest BCUT2D eigenvalue weighted by atomic mass is 15.3. The summed E-state index contributed by atoms with van der Waals surface area (Å²) in [6.45, 7) is 2.68. The van der Waals surface area contributed by atoms with Crippen molar-refractivity contribution >= 4 is 22.2 Å². The number of aromatic nitrogens is 6. The Kier molecular flexibility index (Phi) is 4.57. The molecule has 32 heavy (non-hydrogen) atoms. The number of piperidine rings is 1. The Balaban J connectivity index is 1.43. The van der Waals surface area contributed by atoms with E-state index in [1.165, 1.54) is 5.69 Å². The maximum atomic E-state index is 6.33. The molecule has 1 aromatic carbocycles. The van der Waals surface area contributed by atoms with Gasteiger partial charge in [0.2, 0.25) is 0 Å². The van der Waals surface area contributed by atoms with Gasteiger partial charge in [0.05, 0.1) is 17.8 Å². The van der Waals surface area contributed by atoms with Crippen molar-refractivity contribution in [3.8, 4) is 11.1 Å². The molecular weight excluding hydrogens is 400 g/mol. The SMILES string of the molecule is Nc1ncnn2c(C3CCNCC3)cc(-c3ccc4cn(Cc5ccccn5)nc4c3)c12. The highest BCUT2D eigenvalue weighted by Gasteiger charge is 2.23. The van der Waals surface area contributed by atoms with Gasteiger partial charge in [0, 0.05) is 35.0 Å². The van der Waals surface area contributed by atoms with Gasteiger partial charge in [-0.25, -0.2) is 9.50 Å². The smallest absolute Gasteiger partial charge is 0.151 e. The second kappa shape index (κ2) is 7.72. The minimum Gasteiger partial charge on any atom is -0.382 e. The van der Waals surface area contributed by atoms with Gasteiger partial charge in [-0.3, -0.25) is 9.67 Å². The first kappa shape index (κ1) is 18.9. The molecule has 1 aliphatic heterocycles. The van der Waals surface area contributed by atoms with Crippen molar-refractivity contribution in [2.45, 2.75) is 25.3 Å². The Bertz CT molecular complexity index is 1400. The fourth-order valence-corrected chi connectivity index (χ4v) is 4.69. The van der Waals surface area contributed by atoms with Crippen LogP contribution in [0.4, 0.5) is 5.82 Å². The highest BCUT2D eigenvalue weighted by Crippen LogP contribution is 2.36. The standard InChI is InChI=1S/C24H24N8/c25-24-23-20(12-22(32(23)29-15-28-24)16-6-9-26-10-7-16)17-4-5-18-13-31(30-21(18)11-17)14-19-3-1-2-8-27-19/h1-5,8,11-13,15-16,26H,6-7,9-10,14H2,(H2,25,28,29). The van der Waals surface area contributed by atoms with E-state index >= 15 is 0 Å². The zero-order valence-corrected chi connectivity index (χ0v) is 17.6. The van der Waals surface area contributed by atoms with Crippen molar-refractivity contribution in [2.75, 3.05) is 18.8 Å². The van der Waals surface area contributed by atoms with E-state index in [0.717, 1.165) is 59.2 Å². The van der Waals surface area contributed by atoms with Crippen molar-refractivity contribution in [1.82, 2.24) is 34.7 Å². The molecule has 5 heterocycles. The summed E-state index contributed by atoms with van der Waals surface area (Å²) in [5.41, 5.74) is 12.4. The zero-order valence-electron chi connectivity index (χ0n) is 17.6.